The molecule has 1 unspecified atom stereocenters. The van der Waals surface area contributed by atoms with Gasteiger partial charge in [0.1, 0.15) is 11.6 Å². The second-order valence-corrected chi connectivity index (χ2v) is 6.40. The maximum absolute atomic E-state index is 12.2. The Morgan fingerprint density at radius 2 is 2.04 bits per heavy atom. The zero-order chi connectivity index (χ0) is 17.2. The second-order valence-electron chi connectivity index (χ2n) is 6.40. The summed E-state index contributed by atoms with van der Waals surface area (Å²) in [5.41, 5.74) is 0.807. The van der Waals surface area contributed by atoms with Gasteiger partial charge in [-0.25, -0.2) is 9.59 Å². The first-order valence-electron chi connectivity index (χ1n) is 7.32. The molecule has 1 atom stereocenters. The largest absolute Gasteiger partial charge is 0.478 e. The number of ether oxygens (including phenoxy) is 1. The Hall–Kier alpha value is -2.57. The van der Waals surface area contributed by atoms with Crippen molar-refractivity contribution in [2.75, 3.05) is 5.32 Å². The standard InChI is InChI=1S/C16H20N2O5/c1-16(2,3)23-15(22)18-12-7-4-9-8-10(14(20)21)5-6-11(9)17-13(12)19/h5-6,8,12H,4,7H2,1-3H3,(H,17,19)(H,18,22)(H,20,21). The van der Waals surface area contributed by atoms with Gasteiger partial charge >= 0.3 is 12.1 Å². The van der Waals surface area contributed by atoms with Crippen LogP contribution in [-0.2, 0) is 16.0 Å². The van der Waals surface area contributed by atoms with E-state index in [0.29, 0.717) is 18.5 Å². The molecule has 124 valence electrons. The molecule has 1 aromatic rings. The van der Waals surface area contributed by atoms with Gasteiger partial charge in [0.2, 0.25) is 5.91 Å². The molecule has 1 aromatic carbocycles. The zero-order valence-corrected chi connectivity index (χ0v) is 13.3. The van der Waals surface area contributed by atoms with Gasteiger partial charge in [0.15, 0.2) is 0 Å². The van der Waals surface area contributed by atoms with Gasteiger partial charge in [0, 0.05) is 5.69 Å². The lowest BCUT2D eigenvalue weighted by atomic mass is 10.0. The van der Waals surface area contributed by atoms with E-state index in [-0.39, 0.29) is 11.5 Å². The lowest BCUT2D eigenvalue weighted by molar-refractivity contribution is -0.118. The number of anilines is 1. The number of carbonyl (C=O) groups is 3. The van der Waals surface area contributed by atoms with Crippen LogP contribution in [0.4, 0.5) is 10.5 Å². The Bertz CT molecular complexity index is 648. The molecule has 7 heteroatoms. The molecule has 0 aromatic heterocycles. The first-order chi connectivity index (χ1) is 10.7. The highest BCUT2D eigenvalue weighted by atomic mass is 16.6. The number of benzene rings is 1. The number of aromatic carboxylic acids is 1. The highest BCUT2D eigenvalue weighted by Gasteiger charge is 2.27. The van der Waals surface area contributed by atoms with Crippen LogP contribution in [0.2, 0.25) is 0 Å². The van der Waals surface area contributed by atoms with E-state index >= 15 is 0 Å². The maximum atomic E-state index is 12.2. The number of fused-ring (bicyclic) bond motifs is 1. The van der Waals surface area contributed by atoms with Crippen LogP contribution in [0.3, 0.4) is 0 Å². The quantitative estimate of drug-likeness (QED) is 0.774. The highest BCUT2D eigenvalue weighted by molar-refractivity contribution is 5.98. The molecule has 0 radical (unpaired) electrons. The van der Waals surface area contributed by atoms with Crippen LogP contribution in [0, 0.1) is 0 Å². The van der Waals surface area contributed by atoms with E-state index in [9.17, 15) is 14.4 Å². The molecule has 0 spiro atoms. The number of carboxylic acids is 1. The van der Waals surface area contributed by atoms with Gasteiger partial charge < -0.3 is 20.5 Å². The molecule has 1 aliphatic rings. The van der Waals surface area contributed by atoms with E-state index in [1.165, 1.54) is 12.1 Å². The van der Waals surface area contributed by atoms with Crippen LogP contribution in [0.15, 0.2) is 18.2 Å². The predicted octanol–water partition coefficient (Wildman–Crippen LogP) is 2.16. The smallest absolute Gasteiger partial charge is 0.408 e. The normalized spacial score (nSPS) is 17.5. The van der Waals surface area contributed by atoms with Crippen molar-refractivity contribution in [3.63, 3.8) is 0 Å². The summed E-state index contributed by atoms with van der Waals surface area (Å²) < 4.78 is 5.15. The lowest BCUT2D eigenvalue weighted by Crippen LogP contribution is -2.45. The topological polar surface area (TPSA) is 105 Å². The number of carbonyl (C=O) groups excluding carboxylic acids is 2. The average Bonchev–Trinajstić information content (AvgIpc) is 2.56. The number of nitrogens with one attached hydrogen (secondary N) is 2. The molecule has 3 N–H and O–H groups in total. The molecular weight excluding hydrogens is 300 g/mol. The fourth-order valence-corrected chi connectivity index (χ4v) is 2.29. The van der Waals surface area contributed by atoms with Crippen LogP contribution >= 0.6 is 0 Å². The van der Waals surface area contributed by atoms with Gasteiger partial charge in [-0.2, -0.15) is 0 Å². The van der Waals surface area contributed by atoms with Crippen LogP contribution in [0.25, 0.3) is 0 Å². The van der Waals surface area contributed by atoms with Crippen molar-refractivity contribution in [2.24, 2.45) is 0 Å². The summed E-state index contributed by atoms with van der Waals surface area (Å²) in [4.78, 5) is 35.0. The zero-order valence-electron chi connectivity index (χ0n) is 13.3. The molecule has 23 heavy (non-hydrogen) atoms. The molecule has 0 aliphatic carbocycles. The minimum atomic E-state index is -1.02. The van der Waals surface area contributed by atoms with Gasteiger partial charge in [0.05, 0.1) is 5.56 Å². The number of aryl methyl sites for hydroxylation is 1. The SMILES string of the molecule is CC(C)(C)OC(=O)NC1CCc2cc(C(=O)O)ccc2NC1=O. The van der Waals surface area contributed by atoms with Crippen molar-refractivity contribution in [1.82, 2.24) is 5.32 Å². The van der Waals surface area contributed by atoms with Crippen molar-refractivity contribution in [3.8, 4) is 0 Å². The summed E-state index contributed by atoms with van der Waals surface area (Å²) in [6.45, 7) is 5.22. The fourth-order valence-electron chi connectivity index (χ4n) is 2.29. The lowest BCUT2D eigenvalue weighted by Gasteiger charge is -2.22. The number of amides is 2. The molecule has 0 saturated carbocycles. The second kappa shape index (κ2) is 6.28. The van der Waals surface area contributed by atoms with E-state index in [0.717, 1.165) is 5.56 Å². The maximum Gasteiger partial charge on any atom is 0.408 e. The van der Waals surface area contributed by atoms with Crippen molar-refractivity contribution in [3.05, 3.63) is 29.3 Å². The molecule has 1 heterocycles. The van der Waals surface area contributed by atoms with E-state index < -0.39 is 23.7 Å². The van der Waals surface area contributed by atoms with Crippen LogP contribution in [0.1, 0.15) is 43.1 Å². The van der Waals surface area contributed by atoms with Crippen LogP contribution < -0.4 is 10.6 Å². The Labute approximate surface area is 134 Å². The number of alkyl carbamates (subject to hydrolysis) is 1. The van der Waals surface area contributed by atoms with E-state index in [2.05, 4.69) is 10.6 Å². The first kappa shape index (κ1) is 16.8. The molecule has 2 rings (SSSR count). The van der Waals surface area contributed by atoms with E-state index in [1.807, 2.05) is 0 Å². The van der Waals surface area contributed by atoms with Gasteiger partial charge in [0.25, 0.3) is 0 Å². The summed E-state index contributed by atoms with van der Waals surface area (Å²) in [6, 6.07) is 3.80. The number of rotatable bonds is 2. The average molecular weight is 320 g/mol. The van der Waals surface area contributed by atoms with Crippen molar-refractivity contribution >= 4 is 23.7 Å². The third-order valence-corrected chi connectivity index (χ3v) is 3.32. The van der Waals surface area contributed by atoms with Crippen LogP contribution in [0.5, 0.6) is 0 Å². The van der Waals surface area contributed by atoms with Crippen LogP contribution in [-0.4, -0.2) is 34.7 Å². The third kappa shape index (κ3) is 4.45. The van der Waals surface area contributed by atoms with E-state index in [4.69, 9.17) is 9.84 Å². The summed E-state index contributed by atoms with van der Waals surface area (Å²) in [6.07, 6.45) is 0.173. The van der Waals surface area contributed by atoms with E-state index in [1.54, 1.807) is 26.8 Å². The molecule has 0 saturated heterocycles. The highest BCUT2D eigenvalue weighted by Crippen LogP contribution is 2.23. The van der Waals surface area contributed by atoms with Crippen molar-refractivity contribution in [2.45, 2.75) is 45.3 Å². The Morgan fingerprint density at radius 3 is 2.65 bits per heavy atom. The first-order valence-corrected chi connectivity index (χ1v) is 7.32. The fraction of sp³-hybridized carbons (Fsp3) is 0.438. The number of hydrogen-bond donors (Lipinski definition) is 3. The van der Waals surface area contributed by atoms with Crippen molar-refractivity contribution in [1.29, 1.82) is 0 Å². The minimum absolute atomic E-state index is 0.163. The van der Waals surface area contributed by atoms with Gasteiger partial charge in [-0.05, 0) is 57.4 Å². The predicted molar refractivity (Wildman–Crippen MR) is 83.5 cm³/mol. The molecule has 2 amide bonds. The van der Waals surface area contributed by atoms with Gasteiger partial charge in [-0.1, -0.05) is 0 Å². The van der Waals surface area contributed by atoms with Gasteiger partial charge in [-0.15, -0.1) is 0 Å². The molecule has 0 bridgehead atoms. The molecule has 7 nitrogen and oxygen atoms in total. The Balaban J connectivity index is 2.10. The molecule has 0 fully saturated rings. The van der Waals surface area contributed by atoms with Crippen molar-refractivity contribution < 1.29 is 24.2 Å². The molecule has 1 aliphatic heterocycles. The summed E-state index contributed by atoms with van der Waals surface area (Å²) in [7, 11) is 0. The van der Waals surface area contributed by atoms with Gasteiger partial charge in [-0.3, -0.25) is 4.79 Å². The Kier molecular flexibility index (Phi) is 4.58. The number of hydrogen-bond acceptors (Lipinski definition) is 4. The summed E-state index contributed by atoms with van der Waals surface area (Å²) >= 11 is 0. The minimum Gasteiger partial charge on any atom is -0.478 e. The molecular formula is C16H20N2O5. The summed E-state index contributed by atoms with van der Waals surface area (Å²) in [5, 5.41) is 14.3. The third-order valence-electron chi connectivity index (χ3n) is 3.32. The monoisotopic (exact) mass is 320 g/mol. The number of carboxylic acid groups (broad SMARTS) is 1. The Morgan fingerprint density at radius 1 is 1.35 bits per heavy atom. The summed E-state index contributed by atoms with van der Waals surface area (Å²) in [5.74, 6) is -1.37.